The third kappa shape index (κ3) is 3.51. The Labute approximate surface area is 121 Å². The smallest absolute Gasteiger partial charge is 0.223 e. The molecule has 1 N–H and O–H groups in total. The number of benzene rings is 1. The quantitative estimate of drug-likeness (QED) is 0.913. The van der Waals surface area contributed by atoms with Crippen LogP contribution in [0.5, 0.6) is 5.75 Å². The van der Waals surface area contributed by atoms with E-state index in [2.05, 4.69) is 24.4 Å². The average molecular weight is 276 g/mol. The fraction of sp³-hybridized carbons (Fsp3) is 0.562. The van der Waals surface area contributed by atoms with E-state index in [1.165, 1.54) is 5.56 Å². The maximum atomic E-state index is 12.3. The van der Waals surface area contributed by atoms with Gasteiger partial charge in [-0.15, -0.1) is 0 Å². The van der Waals surface area contributed by atoms with Crippen LogP contribution in [0.15, 0.2) is 18.2 Å². The first-order valence-electron chi connectivity index (χ1n) is 7.25. The molecular formula is C16H24N2O2. The van der Waals surface area contributed by atoms with Crippen molar-refractivity contribution >= 4 is 5.91 Å². The molecule has 4 nitrogen and oxygen atoms in total. The number of methoxy groups -OCH3 is 1. The van der Waals surface area contributed by atoms with Gasteiger partial charge >= 0.3 is 0 Å². The molecule has 0 radical (unpaired) electrons. The largest absolute Gasteiger partial charge is 0.496 e. The van der Waals surface area contributed by atoms with E-state index in [1.54, 1.807) is 7.11 Å². The Hall–Kier alpha value is -1.55. The highest BCUT2D eigenvalue weighted by atomic mass is 16.5. The Morgan fingerprint density at radius 1 is 1.40 bits per heavy atom. The maximum absolute atomic E-state index is 12.3. The normalized spacial score (nSPS) is 16.9. The number of ether oxygens (including phenoxy) is 1. The molecule has 1 fully saturated rings. The van der Waals surface area contributed by atoms with Gasteiger partial charge in [-0.3, -0.25) is 4.79 Å². The average Bonchev–Trinajstić information content (AvgIpc) is 2.48. The number of nitrogens with zero attached hydrogens (tertiary/aromatic N) is 1. The Kier molecular flexibility index (Phi) is 5.01. The van der Waals surface area contributed by atoms with Gasteiger partial charge in [-0.05, 0) is 30.0 Å². The second-order valence-electron chi connectivity index (χ2n) is 5.47. The van der Waals surface area contributed by atoms with Crippen LogP contribution >= 0.6 is 0 Å². The van der Waals surface area contributed by atoms with Crippen LogP contribution in [0.25, 0.3) is 0 Å². The summed E-state index contributed by atoms with van der Waals surface area (Å²) in [6.07, 6.45) is 0.575. The lowest BCUT2D eigenvalue weighted by Crippen LogP contribution is -2.46. The Bertz CT molecular complexity index is 468. The Balaban J connectivity index is 1.98. The van der Waals surface area contributed by atoms with Crippen LogP contribution in [0.2, 0.25) is 0 Å². The number of amides is 1. The number of rotatable bonds is 4. The van der Waals surface area contributed by atoms with E-state index in [0.717, 1.165) is 37.5 Å². The number of aryl methyl sites for hydroxylation is 1. The summed E-state index contributed by atoms with van der Waals surface area (Å²) in [7, 11) is 1.68. The molecule has 1 aliphatic heterocycles. The van der Waals surface area contributed by atoms with Crippen molar-refractivity contribution in [2.45, 2.75) is 26.2 Å². The topological polar surface area (TPSA) is 41.6 Å². The fourth-order valence-corrected chi connectivity index (χ4v) is 2.63. The van der Waals surface area contributed by atoms with Gasteiger partial charge in [0.1, 0.15) is 5.75 Å². The highest BCUT2D eigenvalue weighted by molar-refractivity contribution is 5.77. The van der Waals surface area contributed by atoms with E-state index >= 15 is 0 Å². The van der Waals surface area contributed by atoms with Gasteiger partial charge in [0, 0.05) is 32.6 Å². The van der Waals surface area contributed by atoms with E-state index < -0.39 is 0 Å². The van der Waals surface area contributed by atoms with Crippen molar-refractivity contribution in [2.24, 2.45) is 0 Å². The first kappa shape index (κ1) is 14.9. The summed E-state index contributed by atoms with van der Waals surface area (Å²) in [6, 6.07) is 6.16. The molecule has 4 heteroatoms. The predicted octanol–water partition coefficient (Wildman–Crippen LogP) is 1.93. The summed E-state index contributed by atoms with van der Waals surface area (Å²) < 4.78 is 5.27. The van der Waals surface area contributed by atoms with Crippen molar-refractivity contribution in [2.75, 3.05) is 33.3 Å². The van der Waals surface area contributed by atoms with E-state index in [1.807, 2.05) is 17.9 Å². The zero-order valence-corrected chi connectivity index (χ0v) is 12.6. The molecule has 0 aromatic heterocycles. The first-order valence-corrected chi connectivity index (χ1v) is 7.25. The number of carbonyl (C=O) groups excluding carboxylic acids is 1. The van der Waals surface area contributed by atoms with Gasteiger partial charge in [0.05, 0.1) is 7.11 Å². The first-order chi connectivity index (χ1) is 9.61. The molecule has 1 atom stereocenters. The maximum Gasteiger partial charge on any atom is 0.223 e. The van der Waals surface area contributed by atoms with Gasteiger partial charge < -0.3 is 15.0 Å². The molecule has 0 spiro atoms. The number of carbonyl (C=O) groups is 1. The van der Waals surface area contributed by atoms with Gasteiger partial charge in [0.15, 0.2) is 0 Å². The fourth-order valence-electron chi connectivity index (χ4n) is 2.63. The van der Waals surface area contributed by atoms with Crippen LogP contribution in [-0.2, 0) is 4.79 Å². The Morgan fingerprint density at radius 2 is 2.10 bits per heavy atom. The second-order valence-corrected chi connectivity index (χ2v) is 5.47. The Morgan fingerprint density at radius 3 is 2.70 bits per heavy atom. The molecule has 1 aromatic rings. The predicted molar refractivity (Wildman–Crippen MR) is 80.2 cm³/mol. The van der Waals surface area contributed by atoms with Crippen LogP contribution in [0, 0.1) is 6.92 Å². The molecule has 20 heavy (non-hydrogen) atoms. The van der Waals surface area contributed by atoms with Crippen LogP contribution in [0.1, 0.15) is 30.4 Å². The van der Waals surface area contributed by atoms with Crippen LogP contribution < -0.4 is 10.1 Å². The molecule has 1 amide bonds. The highest BCUT2D eigenvalue weighted by Crippen LogP contribution is 2.25. The van der Waals surface area contributed by atoms with Crippen molar-refractivity contribution in [3.63, 3.8) is 0 Å². The summed E-state index contributed by atoms with van der Waals surface area (Å²) in [4.78, 5) is 14.2. The van der Waals surface area contributed by atoms with Crippen molar-refractivity contribution in [3.8, 4) is 5.75 Å². The minimum absolute atomic E-state index is 0.238. The van der Waals surface area contributed by atoms with Gasteiger partial charge in [0.25, 0.3) is 0 Å². The summed E-state index contributed by atoms with van der Waals surface area (Å²) in [5, 5.41) is 3.27. The highest BCUT2D eigenvalue weighted by Gasteiger charge is 2.19. The van der Waals surface area contributed by atoms with Gasteiger partial charge in [-0.25, -0.2) is 0 Å². The third-order valence-electron chi connectivity index (χ3n) is 3.94. The monoisotopic (exact) mass is 276 g/mol. The molecule has 1 saturated heterocycles. The molecule has 0 bridgehead atoms. The van der Waals surface area contributed by atoms with E-state index in [0.29, 0.717) is 6.42 Å². The molecule has 1 heterocycles. The molecular weight excluding hydrogens is 252 g/mol. The summed E-state index contributed by atoms with van der Waals surface area (Å²) >= 11 is 0. The van der Waals surface area contributed by atoms with Crippen molar-refractivity contribution in [3.05, 3.63) is 29.3 Å². The van der Waals surface area contributed by atoms with E-state index in [-0.39, 0.29) is 11.8 Å². The summed E-state index contributed by atoms with van der Waals surface area (Å²) in [6.45, 7) is 7.61. The van der Waals surface area contributed by atoms with Crippen LogP contribution in [-0.4, -0.2) is 44.1 Å². The minimum Gasteiger partial charge on any atom is -0.496 e. The molecule has 110 valence electrons. The molecule has 1 aliphatic rings. The standard InChI is InChI=1S/C16H24N2O2/c1-12(11-16(19)18-8-6-17-7-9-18)14-4-5-15(20-3)13(2)10-14/h4-5,10,12,17H,6-9,11H2,1-3H3. The molecule has 1 unspecified atom stereocenters. The lowest BCUT2D eigenvalue weighted by atomic mass is 9.95. The second kappa shape index (κ2) is 6.75. The van der Waals surface area contributed by atoms with Gasteiger partial charge in [-0.2, -0.15) is 0 Å². The molecule has 0 aliphatic carbocycles. The zero-order chi connectivity index (χ0) is 14.5. The number of hydrogen-bond donors (Lipinski definition) is 1. The summed E-state index contributed by atoms with van der Waals surface area (Å²) in [5.74, 6) is 1.39. The lowest BCUT2D eigenvalue weighted by molar-refractivity contribution is -0.132. The lowest BCUT2D eigenvalue weighted by Gasteiger charge is -2.28. The van der Waals surface area contributed by atoms with Crippen LogP contribution in [0.4, 0.5) is 0 Å². The molecule has 2 rings (SSSR count). The molecule has 0 saturated carbocycles. The van der Waals surface area contributed by atoms with Gasteiger partial charge in [-0.1, -0.05) is 19.1 Å². The SMILES string of the molecule is COc1ccc(C(C)CC(=O)N2CCNCC2)cc1C. The van der Waals surface area contributed by atoms with E-state index in [4.69, 9.17) is 4.74 Å². The number of nitrogens with one attached hydrogen (secondary N) is 1. The van der Waals surface area contributed by atoms with Gasteiger partial charge in [0.2, 0.25) is 5.91 Å². The van der Waals surface area contributed by atoms with Crippen LogP contribution in [0.3, 0.4) is 0 Å². The third-order valence-corrected chi connectivity index (χ3v) is 3.94. The van der Waals surface area contributed by atoms with Crippen molar-refractivity contribution in [1.29, 1.82) is 0 Å². The summed E-state index contributed by atoms with van der Waals surface area (Å²) in [5.41, 5.74) is 2.32. The number of piperazine rings is 1. The number of hydrogen-bond acceptors (Lipinski definition) is 3. The van der Waals surface area contributed by atoms with E-state index in [9.17, 15) is 4.79 Å². The molecule has 1 aromatic carbocycles. The van der Waals surface area contributed by atoms with Crippen molar-refractivity contribution < 1.29 is 9.53 Å². The minimum atomic E-state index is 0.238. The van der Waals surface area contributed by atoms with Crippen molar-refractivity contribution in [1.82, 2.24) is 10.2 Å². The zero-order valence-electron chi connectivity index (χ0n) is 12.6.